The summed E-state index contributed by atoms with van der Waals surface area (Å²) in [5, 5.41) is 7.19. The third kappa shape index (κ3) is 3.58. The third-order valence-corrected chi connectivity index (χ3v) is 3.59. The summed E-state index contributed by atoms with van der Waals surface area (Å²) >= 11 is 0. The molecule has 1 aliphatic rings. The Labute approximate surface area is 88.8 Å². The van der Waals surface area contributed by atoms with E-state index in [-0.39, 0.29) is 0 Å². The zero-order valence-electron chi connectivity index (χ0n) is 9.97. The van der Waals surface area contributed by atoms with Gasteiger partial charge in [0.15, 0.2) is 0 Å². The van der Waals surface area contributed by atoms with Crippen LogP contribution in [0.15, 0.2) is 0 Å². The van der Waals surface area contributed by atoms with Gasteiger partial charge in [0.2, 0.25) is 0 Å². The highest BCUT2D eigenvalue weighted by Gasteiger charge is 2.19. The molecule has 0 amide bonds. The summed E-state index contributed by atoms with van der Waals surface area (Å²) in [6.07, 6.45) is 5.19. The first-order valence-electron chi connectivity index (χ1n) is 6.24. The molecule has 1 fully saturated rings. The van der Waals surface area contributed by atoms with Crippen LogP contribution >= 0.6 is 0 Å². The largest absolute Gasteiger partial charge is 0.317 e. The Morgan fingerprint density at radius 1 is 1.21 bits per heavy atom. The van der Waals surface area contributed by atoms with Gasteiger partial charge >= 0.3 is 0 Å². The van der Waals surface area contributed by atoms with Crippen LogP contribution in [0, 0.1) is 5.92 Å². The maximum absolute atomic E-state index is 3.78. The zero-order valence-corrected chi connectivity index (χ0v) is 9.97. The highest BCUT2D eigenvalue weighted by atomic mass is 15.0. The normalized spacial score (nSPS) is 21.4. The Balaban J connectivity index is 2.26. The molecule has 2 nitrogen and oxygen atoms in total. The van der Waals surface area contributed by atoms with Crippen molar-refractivity contribution in [1.82, 2.24) is 10.6 Å². The number of nitrogens with one attached hydrogen (secondary N) is 2. The highest BCUT2D eigenvalue weighted by molar-refractivity contribution is 4.79. The maximum atomic E-state index is 3.78. The minimum absolute atomic E-state index is 0.688. The van der Waals surface area contributed by atoms with Crippen LogP contribution < -0.4 is 10.6 Å². The van der Waals surface area contributed by atoms with Gasteiger partial charge in [0.1, 0.15) is 0 Å². The third-order valence-electron chi connectivity index (χ3n) is 3.59. The summed E-state index contributed by atoms with van der Waals surface area (Å²) in [7, 11) is 0. The molecule has 84 valence electrons. The van der Waals surface area contributed by atoms with E-state index in [1.807, 2.05) is 0 Å². The Morgan fingerprint density at radius 3 is 2.29 bits per heavy atom. The van der Waals surface area contributed by atoms with E-state index in [0.29, 0.717) is 6.04 Å². The fraction of sp³-hybridized carbons (Fsp3) is 1.00. The molecule has 14 heavy (non-hydrogen) atoms. The van der Waals surface area contributed by atoms with E-state index in [1.54, 1.807) is 0 Å². The fourth-order valence-corrected chi connectivity index (χ4v) is 2.49. The lowest BCUT2D eigenvalue weighted by Gasteiger charge is -2.30. The van der Waals surface area contributed by atoms with Crippen LogP contribution in [-0.2, 0) is 0 Å². The topological polar surface area (TPSA) is 24.1 Å². The van der Waals surface area contributed by atoms with Crippen LogP contribution in [0.4, 0.5) is 0 Å². The first-order valence-corrected chi connectivity index (χ1v) is 6.24. The Morgan fingerprint density at radius 2 is 1.79 bits per heavy atom. The smallest absolute Gasteiger partial charge is 0.00938 e. The van der Waals surface area contributed by atoms with E-state index in [1.165, 1.54) is 38.8 Å². The molecule has 2 N–H and O–H groups in total. The highest BCUT2D eigenvalue weighted by Crippen LogP contribution is 2.14. The molecule has 1 saturated heterocycles. The van der Waals surface area contributed by atoms with Gasteiger partial charge < -0.3 is 10.6 Å². The molecule has 1 rings (SSSR count). The summed E-state index contributed by atoms with van der Waals surface area (Å²) in [6.45, 7) is 9.32. The zero-order chi connectivity index (χ0) is 10.4. The standard InChI is InChI=1S/C12H26N2/c1-4-11(5-2)10(3)14-12-6-8-13-9-7-12/h10-14H,4-9H2,1-3H3. The van der Waals surface area contributed by atoms with E-state index in [4.69, 9.17) is 0 Å². The Kier molecular flexibility index (Phi) is 5.49. The van der Waals surface area contributed by atoms with Crippen molar-refractivity contribution in [3.05, 3.63) is 0 Å². The van der Waals surface area contributed by atoms with Crippen molar-refractivity contribution < 1.29 is 0 Å². The van der Waals surface area contributed by atoms with Gasteiger partial charge in [-0.05, 0) is 38.8 Å². The summed E-state index contributed by atoms with van der Waals surface area (Å²) in [4.78, 5) is 0. The van der Waals surface area contributed by atoms with Gasteiger partial charge in [-0.25, -0.2) is 0 Å². The average molecular weight is 198 g/mol. The van der Waals surface area contributed by atoms with Gasteiger partial charge in [-0.1, -0.05) is 26.7 Å². The molecular formula is C12H26N2. The van der Waals surface area contributed by atoms with Gasteiger partial charge in [0.25, 0.3) is 0 Å². The lowest BCUT2D eigenvalue weighted by molar-refractivity contribution is 0.287. The monoisotopic (exact) mass is 198 g/mol. The second kappa shape index (κ2) is 6.41. The van der Waals surface area contributed by atoms with Gasteiger partial charge in [0, 0.05) is 12.1 Å². The van der Waals surface area contributed by atoms with Crippen LogP contribution in [0.5, 0.6) is 0 Å². The molecule has 1 heterocycles. The molecule has 1 atom stereocenters. The van der Waals surface area contributed by atoms with Gasteiger partial charge in [-0.15, -0.1) is 0 Å². The van der Waals surface area contributed by atoms with Crippen LogP contribution in [0.3, 0.4) is 0 Å². The second-order valence-electron chi connectivity index (χ2n) is 4.56. The number of hydrogen-bond donors (Lipinski definition) is 2. The molecule has 0 aliphatic carbocycles. The van der Waals surface area contributed by atoms with Crippen LogP contribution in [0.25, 0.3) is 0 Å². The SMILES string of the molecule is CCC(CC)C(C)NC1CCNCC1. The number of piperidine rings is 1. The number of hydrogen-bond acceptors (Lipinski definition) is 2. The summed E-state index contributed by atoms with van der Waals surface area (Å²) in [6, 6.07) is 1.44. The molecule has 1 aliphatic heterocycles. The lowest BCUT2D eigenvalue weighted by atomic mass is 9.94. The van der Waals surface area contributed by atoms with Crippen molar-refractivity contribution in [2.45, 2.75) is 58.5 Å². The van der Waals surface area contributed by atoms with Crippen LogP contribution in [0.1, 0.15) is 46.5 Å². The fourth-order valence-electron chi connectivity index (χ4n) is 2.49. The van der Waals surface area contributed by atoms with Gasteiger partial charge in [-0.2, -0.15) is 0 Å². The predicted molar refractivity (Wildman–Crippen MR) is 62.6 cm³/mol. The molecule has 0 aromatic carbocycles. The minimum atomic E-state index is 0.688. The molecule has 0 radical (unpaired) electrons. The molecular weight excluding hydrogens is 172 g/mol. The first kappa shape index (κ1) is 12.0. The van der Waals surface area contributed by atoms with E-state index >= 15 is 0 Å². The minimum Gasteiger partial charge on any atom is -0.317 e. The Hall–Kier alpha value is -0.0800. The van der Waals surface area contributed by atoms with Crippen LogP contribution in [-0.4, -0.2) is 25.2 Å². The molecule has 0 bridgehead atoms. The van der Waals surface area contributed by atoms with Crippen LogP contribution in [0.2, 0.25) is 0 Å². The van der Waals surface area contributed by atoms with Crippen molar-refractivity contribution in [2.24, 2.45) is 5.92 Å². The number of rotatable bonds is 5. The summed E-state index contributed by atoms with van der Waals surface area (Å²) < 4.78 is 0. The molecule has 2 heteroatoms. The van der Waals surface area contributed by atoms with E-state index in [2.05, 4.69) is 31.4 Å². The molecule has 0 aromatic rings. The van der Waals surface area contributed by atoms with Crippen molar-refractivity contribution in [1.29, 1.82) is 0 Å². The van der Waals surface area contributed by atoms with Crippen molar-refractivity contribution in [3.63, 3.8) is 0 Å². The second-order valence-corrected chi connectivity index (χ2v) is 4.56. The van der Waals surface area contributed by atoms with Gasteiger partial charge in [0.05, 0.1) is 0 Å². The Bertz CT molecular complexity index is 137. The lowest BCUT2D eigenvalue weighted by Crippen LogP contribution is -2.46. The van der Waals surface area contributed by atoms with Gasteiger partial charge in [-0.3, -0.25) is 0 Å². The quantitative estimate of drug-likeness (QED) is 0.707. The van der Waals surface area contributed by atoms with Crippen molar-refractivity contribution in [2.75, 3.05) is 13.1 Å². The molecule has 0 saturated carbocycles. The van der Waals surface area contributed by atoms with E-state index < -0.39 is 0 Å². The maximum Gasteiger partial charge on any atom is 0.00938 e. The first-order chi connectivity index (χ1) is 6.77. The molecule has 1 unspecified atom stereocenters. The molecule has 0 spiro atoms. The van der Waals surface area contributed by atoms with E-state index in [9.17, 15) is 0 Å². The molecule has 0 aromatic heterocycles. The van der Waals surface area contributed by atoms with Crippen molar-refractivity contribution >= 4 is 0 Å². The average Bonchev–Trinajstić information content (AvgIpc) is 2.21. The van der Waals surface area contributed by atoms with Crippen molar-refractivity contribution in [3.8, 4) is 0 Å². The summed E-state index contributed by atoms with van der Waals surface area (Å²) in [5.41, 5.74) is 0. The summed E-state index contributed by atoms with van der Waals surface area (Å²) in [5.74, 6) is 0.852. The predicted octanol–water partition coefficient (Wildman–Crippen LogP) is 2.15. The van der Waals surface area contributed by atoms with E-state index in [0.717, 1.165) is 12.0 Å².